The average molecular weight is 412 g/mol. The van der Waals surface area contributed by atoms with Gasteiger partial charge in [0, 0.05) is 0 Å². The smallest absolute Gasteiger partial charge is 0.322 e. The first-order valence-corrected chi connectivity index (χ1v) is 8.90. The first-order valence-electron chi connectivity index (χ1n) is 8.90. The van der Waals surface area contributed by atoms with E-state index in [0.29, 0.717) is 0 Å². The van der Waals surface area contributed by atoms with Crippen LogP contribution in [0, 0.1) is 0 Å². The summed E-state index contributed by atoms with van der Waals surface area (Å²) in [4.78, 5) is 15.4. The van der Waals surface area contributed by atoms with Crippen LogP contribution < -0.4 is 0 Å². The Labute approximate surface area is 165 Å². The maximum atomic E-state index is 13.7. The van der Waals surface area contributed by atoms with E-state index in [-0.39, 0.29) is 0 Å². The molecule has 0 unspecified atom stereocenters. The summed E-state index contributed by atoms with van der Waals surface area (Å²) in [6.07, 6.45) is 0. The Hall–Kier alpha value is -1.05. The van der Waals surface area contributed by atoms with Gasteiger partial charge < -0.3 is 50.7 Å². The van der Waals surface area contributed by atoms with Gasteiger partial charge in [-0.1, -0.05) is 0 Å². The lowest BCUT2D eigenvalue weighted by Gasteiger charge is -2.56. The van der Waals surface area contributed by atoms with Gasteiger partial charge in [0.05, 0.1) is 75.0 Å². The van der Waals surface area contributed by atoms with E-state index < -0.39 is 81.0 Å². The zero-order chi connectivity index (χ0) is 22.4. The molecule has 0 fully saturated rings. The number of carbonyl (C=O) groups excluding carboxylic acids is 1. The van der Waals surface area contributed by atoms with Crippen LogP contribution in [-0.4, -0.2) is 132 Å². The van der Waals surface area contributed by atoms with Crippen molar-refractivity contribution in [1.29, 1.82) is 0 Å². The van der Waals surface area contributed by atoms with Crippen molar-refractivity contribution in [3.63, 3.8) is 0 Å². The van der Waals surface area contributed by atoms with E-state index >= 15 is 0 Å². The van der Waals surface area contributed by atoms with Crippen LogP contribution in [0.3, 0.4) is 0 Å². The molecule has 0 aromatic heterocycles. The topological polar surface area (TPSA) is 185 Å². The zero-order valence-electron chi connectivity index (χ0n) is 17.0. The van der Waals surface area contributed by atoms with Crippen molar-refractivity contribution < 1.29 is 45.6 Å². The summed E-state index contributed by atoms with van der Waals surface area (Å²) in [6.45, 7) is -0.713. The monoisotopic (exact) mass is 412 g/mol. The molecule has 0 aliphatic heterocycles. The van der Waals surface area contributed by atoms with E-state index in [1.165, 1.54) is 27.7 Å². The maximum Gasteiger partial charge on any atom is 0.322 e. The third-order valence-electron chi connectivity index (χ3n) is 5.27. The van der Waals surface area contributed by atoms with Gasteiger partial charge in [-0.25, -0.2) is 4.79 Å². The van der Waals surface area contributed by atoms with Gasteiger partial charge in [0.2, 0.25) is 0 Å². The fourth-order valence-corrected chi connectivity index (χ4v) is 3.09. The maximum absolute atomic E-state index is 13.7. The molecule has 168 valence electrons. The number of urea groups is 1. The Balaban J connectivity index is 6.85. The fraction of sp³-hybridized carbons (Fsp3) is 0.941. The quantitative estimate of drug-likeness (QED) is 0.162. The van der Waals surface area contributed by atoms with Crippen molar-refractivity contribution in [2.24, 2.45) is 0 Å². The number of aliphatic hydroxyl groups excluding tert-OH is 8. The standard InChI is InChI=1S/C17H36N2O9/c1-14(5-20,6-21)18(15(2,7-22)8-23)13(28)19(16(3,9-24)10-25)17(4,11-26)12-27/h20-27H,5-12H2,1-4H3. The molecule has 0 bridgehead atoms. The van der Waals surface area contributed by atoms with Crippen LogP contribution >= 0.6 is 0 Å². The summed E-state index contributed by atoms with van der Waals surface area (Å²) in [5, 5.41) is 78.7. The summed E-state index contributed by atoms with van der Waals surface area (Å²) in [5.74, 6) is 0. The SMILES string of the molecule is CC(CO)(CO)N(C(=O)N(C(C)(CO)CO)C(C)(CO)CO)C(C)(CO)CO. The van der Waals surface area contributed by atoms with Crippen molar-refractivity contribution in [2.45, 2.75) is 49.9 Å². The highest BCUT2D eigenvalue weighted by molar-refractivity contribution is 5.78. The Morgan fingerprint density at radius 3 is 0.750 bits per heavy atom. The van der Waals surface area contributed by atoms with Gasteiger partial charge in [0.15, 0.2) is 0 Å². The van der Waals surface area contributed by atoms with Crippen molar-refractivity contribution >= 4 is 6.03 Å². The molecule has 0 rings (SSSR count). The number of carbonyl (C=O) groups is 1. The molecule has 0 spiro atoms. The summed E-state index contributed by atoms with van der Waals surface area (Å²) >= 11 is 0. The molecular formula is C17H36N2O9. The van der Waals surface area contributed by atoms with Crippen LogP contribution in [-0.2, 0) is 0 Å². The Kier molecular flexibility index (Phi) is 9.74. The van der Waals surface area contributed by atoms with Crippen LogP contribution in [0.5, 0.6) is 0 Å². The second kappa shape index (κ2) is 10.1. The number of rotatable bonds is 12. The molecule has 11 heteroatoms. The second-order valence-electron chi connectivity index (χ2n) is 8.21. The largest absolute Gasteiger partial charge is 0.394 e. The van der Waals surface area contributed by atoms with Crippen LogP contribution in [0.4, 0.5) is 4.79 Å². The molecule has 0 aromatic rings. The fourth-order valence-electron chi connectivity index (χ4n) is 3.09. The number of aliphatic hydroxyl groups is 8. The molecular weight excluding hydrogens is 376 g/mol. The highest BCUT2D eigenvalue weighted by atomic mass is 16.3. The van der Waals surface area contributed by atoms with E-state index in [1.807, 2.05) is 0 Å². The predicted octanol–water partition coefficient (Wildman–Crippen LogP) is -3.32. The van der Waals surface area contributed by atoms with Crippen molar-refractivity contribution in [2.75, 3.05) is 52.9 Å². The van der Waals surface area contributed by atoms with Gasteiger partial charge >= 0.3 is 6.03 Å². The van der Waals surface area contributed by atoms with Gasteiger partial charge in [-0.15, -0.1) is 0 Å². The predicted molar refractivity (Wildman–Crippen MR) is 99.4 cm³/mol. The normalized spacial score (nSPS) is 13.6. The number of nitrogens with zero attached hydrogens (tertiary/aromatic N) is 2. The van der Waals surface area contributed by atoms with Crippen LogP contribution in [0.1, 0.15) is 27.7 Å². The summed E-state index contributed by atoms with van der Waals surface area (Å²) in [5.41, 5.74) is -6.69. The van der Waals surface area contributed by atoms with Gasteiger partial charge in [-0.2, -0.15) is 0 Å². The molecule has 0 aromatic carbocycles. The minimum atomic E-state index is -1.67. The van der Waals surface area contributed by atoms with E-state index in [4.69, 9.17) is 0 Å². The minimum absolute atomic E-state index is 0.747. The van der Waals surface area contributed by atoms with Gasteiger partial charge in [0.1, 0.15) is 0 Å². The third-order valence-corrected chi connectivity index (χ3v) is 5.27. The molecule has 0 saturated heterocycles. The minimum Gasteiger partial charge on any atom is -0.394 e. The molecule has 0 aliphatic rings. The van der Waals surface area contributed by atoms with Crippen molar-refractivity contribution in [1.82, 2.24) is 9.80 Å². The summed E-state index contributed by atoms with van der Waals surface area (Å²) < 4.78 is 0. The molecule has 0 aliphatic carbocycles. The molecule has 0 radical (unpaired) electrons. The van der Waals surface area contributed by atoms with Gasteiger partial charge in [-0.3, -0.25) is 0 Å². The molecule has 28 heavy (non-hydrogen) atoms. The zero-order valence-corrected chi connectivity index (χ0v) is 17.0. The van der Waals surface area contributed by atoms with Crippen LogP contribution in [0.2, 0.25) is 0 Å². The van der Waals surface area contributed by atoms with Gasteiger partial charge in [-0.05, 0) is 27.7 Å². The number of hydrogen-bond acceptors (Lipinski definition) is 9. The Morgan fingerprint density at radius 1 is 0.500 bits per heavy atom. The highest BCUT2D eigenvalue weighted by Gasteiger charge is 2.54. The Morgan fingerprint density at radius 2 is 0.643 bits per heavy atom. The third kappa shape index (κ3) is 4.74. The lowest BCUT2D eigenvalue weighted by molar-refractivity contribution is -0.115. The lowest BCUT2D eigenvalue weighted by Crippen LogP contribution is -2.75. The second-order valence-corrected chi connectivity index (χ2v) is 8.21. The molecule has 0 saturated carbocycles. The van der Waals surface area contributed by atoms with Crippen LogP contribution in [0.25, 0.3) is 0 Å². The van der Waals surface area contributed by atoms with E-state index in [0.717, 1.165) is 9.80 Å². The first-order chi connectivity index (χ1) is 12.9. The van der Waals surface area contributed by atoms with E-state index in [9.17, 15) is 45.6 Å². The van der Waals surface area contributed by atoms with Crippen molar-refractivity contribution in [3.8, 4) is 0 Å². The molecule has 8 N–H and O–H groups in total. The van der Waals surface area contributed by atoms with Crippen molar-refractivity contribution in [3.05, 3.63) is 0 Å². The van der Waals surface area contributed by atoms with Crippen LogP contribution in [0.15, 0.2) is 0 Å². The Bertz CT molecular complexity index is 409. The highest BCUT2D eigenvalue weighted by Crippen LogP contribution is 2.33. The number of amides is 2. The summed E-state index contributed by atoms with van der Waals surface area (Å²) in [6, 6.07) is -1.03. The molecule has 11 nitrogen and oxygen atoms in total. The first kappa shape index (κ1) is 27.0. The van der Waals surface area contributed by atoms with Gasteiger partial charge in [0.25, 0.3) is 0 Å². The van der Waals surface area contributed by atoms with E-state index in [2.05, 4.69) is 0 Å². The molecule has 0 atom stereocenters. The number of hydrogen-bond donors (Lipinski definition) is 8. The molecule has 0 heterocycles. The van der Waals surface area contributed by atoms with E-state index in [1.54, 1.807) is 0 Å². The average Bonchev–Trinajstić information content (AvgIpc) is 2.72. The lowest BCUT2D eigenvalue weighted by atomic mass is 9.89. The summed E-state index contributed by atoms with van der Waals surface area (Å²) in [7, 11) is 0. The molecule has 2 amide bonds.